The third-order valence-corrected chi connectivity index (χ3v) is 9.60. The average molecular weight is 658 g/mol. The minimum absolute atomic E-state index is 0.0145. The van der Waals surface area contributed by atoms with Crippen LogP contribution in [0.3, 0.4) is 0 Å². The highest BCUT2D eigenvalue weighted by atomic mass is 16.5. The molecular formula is C39H47NO8. The first-order valence-electron chi connectivity index (χ1n) is 17.1. The molecule has 1 aliphatic heterocycles. The number of methoxy groups -OCH3 is 2. The largest absolute Gasteiger partial charge is 0.493 e. The zero-order valence-corrected chi connectivity index (χ0v) is 28.0. The molecule has 3 aromatic carbocycles. The Balaban J connectivity index is 1.39. The lowest BCUT2D eigenvalue weighted by Gasteiger charge is -2.39. The van der Waals surface area contributed by atoms with Crippen LogP contribution in [0, 0.1) is 5.92 Å². The van der Waals surface area contributed by atoms with Gasteiger partial charge >= 0.3 is 11.9 Å². The summed E-state index contributed by atoms with van der Waals surface area (Å²) in [5.41, 5.74) is 2.67. The molecule has 2 fully saturated rings. The van der Waals surface area contributed by atoms with Crippen LogP contribution in [0.15, 0.2) is 72.8 Å². The second-order valence-corrected chi connectivity index (χ2v) is 12.7. The van der Waals surface area contributed by atoms with Crippen molar-refractivity contribution in [1.82, 2.24) is 4.90 Å². The first kappa shape index (κ1) is 34.8. The summed E-state index contributed by atoms with van der Waals surface area (Å²) in [6, 6.07) is 22.0. The number of amides is 1. The number of piperidine rings is 1. The summed E-state index contributed by atoms with van der Waals surface area (Å²) in [6.45, 7) is 0.0335. The van der Waals surface area contributed by atoms with Crippen LogP contribution in [0.4, 0.5) is 0 Å². The third kappa shape index (κ3) is 8.88. The summed E-state index contributed by atoms with van der Waals surface area (Å²) in [7, 11) is 3.17. The van der Waals surface area contributed by atoms with Gasteiger partial charge in [0.05, 0.1) is 20.1 Å². The molecule has 3 aromatic rings. The SMILES string of the molecule is COc1ccc(CCC(OC(=O)[C@@H]2CCCCN2C(=O)[C@H](c2ccccc2)C2CCCCC2)c2cccc(OCC(=O)O)c2)cc1OC. The fraction of sp³-hybridized carbons (Fsp3) is 0.462. The summed E-state index contributed by atoms with van der Waals surface area (Å²) in [4.78, 5) is 41.6. The zero-order valence-electron chi connectivity index (χ0n) is 28.0. The number of hydrogen-bond acceptors (Lipinski definition) is 7. The highest BCUT2D eigenvalue weighted by molar-refractivity contribution is 5.89. The number of rotatable bonds is 14. The predicted molar refractivity (Wildman–Crippen MR) is 181 cm³/mol. The van der Waals surface area contributed by atoms with Crippen molar-refractivity contribution in [3.63, 3.8) is 0 Å². The van der Waals surface area contributed by atoms with Crippen LogP contribution in [0.5, 0.6) is 17.2 Å². The van der Waals surface area contributed by atoms with Crippen molar-refractivity contribution in [2.45, 2.75) is 82.3 Å². The lowest BCUT2D eigenvalue weighted by Crippen LogP contribution is -2.51. The summed E-state index contributed by atoms with van der Waals surface area (Å²) in [6.07, 6.45) is 7.99. The van der Waals surface area contributed by atoms with Gasteiger partial charge in [0, 0.05) is 6.54 Å². The van der Waals surface area contributed by atoms with Crippen molar-refractivity contribution in [1.29, 1.82) is 0 Å². The number of carbonyl (C=O) groups excluding carboxylic acids is 2. The maximum atomic E-state index is 14.5. The predicted octanol–water partition coefficient (Wildman–Crippen LogP) is 7.13. The van der Waals surface area contributed by atoms with Gasteiger partial charge in [0.25, 0.3) is 0 Å². The summed E-state index contributed by atoms with van der Waals surface area (Å²) >= 11 is 0. The van der Waals surface area contributed by atoms with Gasteiger partial charge in [0.15, 0.2) is 18.1 Å². The van der Waals surface area contributed by atoms with E-state index < -0.39 is 30.7 Å². The van der Waals surface area contributed by atoms with Crippen LogP contribution >= 0.6 is 0 Å². The van der Waals surface area contributed by atoms with Crippen LogP contribution in [-0.4, -0.2) is 61.3 Å². The molecule has 1 aliphatic carbocycles. The molecule has 1 heterocycles. The van der Waals surface area contributed by atoms with E-state index in [2.05, 4.69) is 0 Å². The lowest BCUT2D eigenvalue weighted by molar-refractivity contribution is -0.163. The normalized spacial score (nSPS) is 18.0. The number of aliphatic carboxylic acids is 1. The molecule has 1 N–H and O–H groups in total. The van der Waals surface area contributed by atoms with E-state index in [0.717, 1.165) is 49.7 Å². The van der Waals surface area contributed by atoms with Crippen molar-refractivity contribution in [3.05, 3.63) is 89.5 Å². The molecule has 256 valence electrons. The lowest BCUT2D eigenvalue weighted by atomic mass is 9.75. The Morgan fingerprint density at radius 3 is 2.27 bits per heavy atom. The van der Waals surface area contributed by atoms with Gasteiger partial charge in [-0.25, -0.2) is 9.59 Å². The van der Waals surface area contributed by atoms with Crippen molar-refractivity contribution in [3.8, 4) is 17.2 Å². The second-order valence-electron chi connectivity index (χ2n) is 12.7. The topological polar surface area (TPSA) is 112 Å². The van der Waals surface area contributed by atoms with Gasteiger partial charge in [-0.3, -0.25) is 4.79 Å². The van der Waals surface area contributed by atoms with Crippen molar-refractivity contribution in [2.24, 2.45) is 5.92 Å². The monoisotopic (exact) mass is 657 g/mol. The van der Waals surface area contributed by atoms with Crippen molar-refractivity contribution < 1.29 is 38.4 Å². The van der Waals surface area contributed by atoms with Crippen LogP contribution in [-0.2, 0) is 25.5 Å². The van der Waals surface area contributed by atoms with E-state index in [1.807, 2.05) is 54.6 Å². The molecule has 3 atom stereocenters. The molecule has 48 heavy (non-hydrogen) atoms. The van der Waals surface area contributed by atoms with Crippen molar-refractivity contribution in [2.75, 3.05) is 27.4 Å². The van der Waals surface area contributed by atoms with E-state index >= 15 is 0 Å². The summed E-state index contributed by atoms with van der Waals surface area (Å²) in [5, 5.41) is 9.13. The summed E-state index contributed by atoms with van der Waals surface area (Å²) < 4.78 is 22.7. The molecule has 9 heteroatoms. The number of carboxylic acids is 1. The zero-order chi connectivity index (χ0) is 33.9. The number of carboxylic acid groups (broad SMARTS) is 1. The van der Waals surface area contributed by atoms with E-state index in [1.165, 1.54) is 6.42 Å². The molecule has 1 saturated carbocycles. The van der Waals surface area contributed by atoms with E-state index in [1.54, 1.807) is 37.3 Å². The Labute approximate surface area is 283 Å². The number of ether oxygens (including phenoxy) is 4. The van der Waals surface area contributed by atoms with E-state index in [4.69, 9.17) is 24.1 Å². The highest BCUT2D eigenvalue weighted by Gasteiger charge is 2.40. The molecule has 0 aromatic heterocycles. The van der Waals surface area contributed by atoms with Crippen molar-refractivity contribution >= 4 is 17.8 Å². The fourth-order valence-electron chi connectivity index (χ4n) is 7.16. The number of esters is 1. The van der Waals surface area contributed by atoms with Gasteiger partial charge in [-0.2, -0.15) is 0 Å². The number of nitrogens with zero attached hydrogens (tertiary/aromatic N) is 1. The van der Waals surface area contributed by atoms with Gasteiger partial charge in [0.1, 0.15) is 17.9 Å². The summed E-state index contributed by atoms with van der Waals surface area (Å²) in [5.74, 6) is 0.0642. The molecule has 1 unspecified atom stereocenters. The van der Waals surface area contributed by atoms with E-state index in [9.17, 15) is 14.4 Å². The molecule has 2 aliphatic rings. The van der Waals surface area contributed by atoms with Gasteiger partial charge < -0.3 is 29.0 Å². The molecular weight excluding hydrogens is 610 g/mol. The van der Waals surface area contributed by atoms with Crippen LogP contribution in [0.2, 0.25) is 0 Å². The van der Waals surface area contributed by atoms with Crippen LogP contribution in [0.1, 0.15) is 86.5 Å². The standard InChI is InChI=1S/C39H47NO8/c1-45-34-22-20-27(24-35(34)46-2)19-21-33(30-16-11-17-31(25-30)47-26-36(41)42)48-39(44)32-18-9-10-23-40(32)38(43)37(28-12-5-3-6-13-28)29-14-7-4-8-15-29/h3,5-6,11-13,16-17,20,22,24-25,29,32-33,37H,4,7-10,14-15,18-19,21,23,26H2,1-2H3,(H,41,42)/t32-,33?,37+/m0/s1. The maximum absolute atomic E-state index is 14.5. The Morgan fingerprint density at radius 1 is 0.812 bits per heavy atom. The van der Waals surface area contributed by atoms with Crippen LogP contribution in [0.25, 0.3) is 0 Å². The van der Waals surface area contributed by atoms with E-state index in [-0.39, 0.29) is 17.7 Å². The number of hydrogen-bond donors (Lipinski definition) is 1. The molecule has 0 bridgehead atoms. The highest BCUT2D eigenvalue weighted by Crippen LogP contribution is 2.39. The van der Waals surface area contributed by atoms with Gasteiger partial charge in [-0.1, -0.05) is 67.8 Å². The number of carbonyl (C=O) groups is 3. The Bertz CT molecular complexity index is 1520. The Hall–Kier alpha value is -4.53. The molecule has 9 nitrogen and oxygen atoms in total. The first-order chi connectivity index (χ1) is 23.4. The Morgan fingerprint density at radius 2 is 1.54 bits per heavy atom. The molecule has 5 rings (SSSR count). The fourth-order valence-corrected chi connectivity index (χ4v) is 7.16. The minimum Gasteiger partial charge on any atom is -0.493 e. The van der Waals surface area contributed by atoms with Gasteiger partial charge in [-0.15, -0.1) is 0 Å². The molecule has 0 radical (unpaired) electrons. The minimum atomic E-state index is -1.08. The molecule has 0 spiro atoms. The smallest absolute Gasteiger partial charge is 0.341 e. The first-order valence-corrected chi connectivity index (χ1v) is 17.1. The maximum Gasteiger partial charge on any atom is 0.341 e. The average Bonchev–Trinajstić information content (AvgIpc) is 3.13. The van der Waals surface area contributed by atoms with E-state index in [0.29, 0.717) is 48.6 Å². The molecule has 1 amide bonds. The Kier molecular flexibility index (Phi) is 12.4. The van der Waals surface area contributed by atoms with Gasteiger partial charge in [-0.05, 0) is 91.8 Å². The van der Waals surface area contributed by atoms with Crippen LogP contribution < -0.4 is 14.2 Å². The molecule has 1 saturated heterocycles. The number of likely N-dealkylation sites (tertiary alicyclic amines) is 1. The number of benzene rings is 3. The second kappa shape index (κ2) is 17.0. The number of aryl methyl sites for hydroxylation is 1. The van der Waals surface area contributed by atoms with Gasteiger partial charge in [0.2, 0.25) is 5.91 Å². The third-order valence-electron chi connectivity index (χ3n) is 9.60. The quantitative estimate of drug-likeness (QED) is 0.182.